The highest BCUT2D eigenvalue weighted by Gasteiger charge is 2.51. The van der Waals surface area contributed by atoms with E-state index in [0.717, 1.165) is 17.1 Å². The molecule has 0 fully saturated rings. The molecule has 0 atom stereocenters. The first-order chi connectivity index (χ1) is 31.8. The van der Waals surface area contributed by atoms with Gasteiger partial charge in [-0.3, -0.25) is 9.88 Å². The number of hydrogen-bond acceptors (Lipinski definition) is 4. The van der Waals surface area contributed by atoms with Crippen LogP contribution in [0.5, 0.6) is 0 Å². The predicted octanol–water partition coefficient (Wildman–Crippen LogP) is 9.05. The summed E-state index contributed by atoms with van der Waals surface area (Å²) in [4.78, 5) is 12.6. The minimum atomic E-state index is -3.09. The van der Waals surface area contributed by atoms with Gasteiger partial charge in [0, 0.05) is 39.1 Å². The van der Waals surface area contributed by atoms with Gasteiger partial charge in [0.25, 0.3) is 0 Å². The molecule has 3 aromatic heterocycles. The van der Waals surface area contributed by atoms with Gasteiger partial charge in [-0.25, -0.2) is 4.98 Å². The van der Waals surface area contributed by atoms with Crippen LogP contribution in [0.25, 0.3) is 31.4 Å². The van der Waals surface area contributed by atoms with Gasteiger partial charge in [-0.05, 0) is 77.9 Å². The first-order valence-corrected chi connectivity index (χ1v) is 26.6. The second-order valence-corrected chi connectivity index (χ2v) is 25.0. The molecule has 1 aliphatic rings. The summed E-state index contributed by atoms with van der Waals surface area (Å²) in [5.74, 6) is 0.902. The molecule has 1 aliphatic heterocycles. The molecule has 64 heavy (non-hydrogen) atoms. The zero-order valence-electron chi connectivity index (χ0n) is 34.9. The van der Waals surface area contributed by atoms with E-state index in [1.54, 1.807) is 0 Å². The second kappa shape index (κ2) is 15.7. The molecule has 0 aliphatic carbocycles. The molecule has 3 nitrogen and oxygen atoms in total. The fraction of sp³-hybridized carbons (Fsp3) is 0. The lowest BCUT2D eigenvalue weighted by Gasteiger charge is -2.45. The SMILES string of the molecule is c1ccc([Si](c2ccccc2)(c2cccc(-c3ccccn3)c2)c2ccc3c(c2)N(c2ccccn2)c2c(ccc4c2sc2ccccc24)[Si]3(c2ccccc2)c2ccccc2)cc1. The average molecular weight is 868 g/mol. The summed E-state index contributed by atoms with van der Waals surface area (Å²) in [5.41, 5.74) is 4.48. The van der Waals surface area contributed by atoms with E-state index in [1.807, 2.05) is 35.9 Å². The van der Waals surface area contributed by atoms with Crippen LogP contribution in [-0.2, 0) is 0 Å². The third-order valence-electron chi connectivity index (χ3n) is 13.2. The molecule has 11 aromatic rings. The Morgan fingerprint density at radius 2 is 1.00 bits per heavy atom. The molecule has 8 aromatic carbocycles. The van der Waals surface area contributed by atoms with Gasteiger partial charge in [0.2, 0.25) is 0 Å². The summed E-state index contributed by atoms with van der Waals surface area (Å²) in [6, 6.07) is 88.2. The van der Waals surface area contributed by atoms with Gasteiger partial charge < -0.3 is 0 Å². The molecular weight excluding hydrogens is 827 g/mol. The van der Waals surface area contributed by atoms with Crippen molar-refractivity contribution in [3.05, 3.63) is 249 Å². The Balaban J connectivity index is 1.26. The van der Waals surface area contributed by atoms with Gasteiger partial charge in [0.05, 0.1) is 16.1 Å². The van der Waals surface area contributed by atoms with Crippen molar-refractivity contribution in [3.63, 3.8) is 0 Å². The van der Waals surface area contributed by atoms with Crippen LogP contribution in [0.3, 0.4) is 0 Å². The third kappa shape index (κ3) is 5.84. The maximum atomic E-state index is 5.22. The van der Waals surface area contributed by atoms with Crippen LogP contribution in [0.2, 0.25) is 0 Å². The Kier molecular flexibility index (Phi) is 9.37. The van der Waals surface area contributed by atoms with E-state index in [1.165, 1.54) is 73.0 Å². The lowest BCUT2D eigenvalue weighted by molar-refractivity contribution is 1.19. The van der Waals surface area contributed by atoms with Crippen LogP contribution in [0, 0.1) is 0 Å². The standard InChI is InChI=1S/C58H41N3SSi2/c1-5-21-43(22-6-1)63(44-23-7-2-8-24-44,47-29-19-20-42(40-47)51-31-15-17-38-59-51)48-34-36-54-52(41-48)61(56-33-16-18-39-60-56)57-55(37-35-50-49-30-13-14-32-53(49)62-58(50)57)64(54,45-25-9-3-10-26-45)46-27-11-4-12-28-46/h1-41H. The Morgan fingerprint density at radius 3 is 1.66 bits per heavy atom. The zero-order chi connectivity index (χ0) is 42.5. The summed E-state index contributed by atoms with van der Waals surface area (Å²) < 4.78 is 2.56. The van der Waals surface area contributed by atoms with Crippen LogP contribution in [-0.4, -0.2) is 26.1 Å². The van der Waals surface area contributed by atoms with E-state index in [4.69, 9.17) is 9.97 Å². The van der Waals surface area contributed by atoms with Crippen molar-refractivity contribution in [1.82, 2.24) is 9.97 Å². The van der Waals surface area contributed by atoms with E-state index in [0.29, 0.717) is 0 Å². The fourth-order valence-corrected chi connectivity index (χ4v) is 21.7. The highest BCUT2D eigenvalue weighted by molar-refractivity contribution is 7.27. The van der Waals surface area contributed by atoms with E-state index >= 15 is 0 Å². The molecule has 0 saturated carbocycles. The highest BCUT2D eigenvalue weighted by Crippen LogP contribution is 2.46. The number of thiophene rings is 1. The van der Waals surface area contributed by atoms with Gasteiger partial charge in [-0.15, -0.1) is 11.3 Å². The van der Waals surface area contributed by atoms with Gasteiger partial charge in [-0.2, -0.15) is 0 Å². The maximum Gasteiger partial charge on any atom is 0.184 e. The van der Waals surface area contributed by atoms with Crippen molar-refractivity contribution in [2.24, 2.45) is 0 Å². The number of nitrogens with zero attached hydrogens (tertiary/aromatic N) is 3. The van der Waals surface area contributed by atoms with Crippen molar-refractivity contribution < 1.29 is 0 Å². The second-order valence-electron chi connectivity index (χ2n) is 16.5. The Labute approximate surface area is 379 Å². The number of fused-ring (bicyclic) bond motifs is 6. The minimum Gasteiger partial charge on any atom is -0.294 e. The lowest BCUT2D eigenvalue weighted by atomic mass is 10.1. The van der Waals surface area contributed by atoms with Gasteiger partial charge in [0.15, 0.2) is 16.1 Å². The summed E-state index contributed by atoms with van der Waals surface area (Å²) in [5, 5.41) is 13.2. The van der Waals surface area contributed by atoms with Gasteiger partial charge in [0.1, 0.15) is 5.82 Å². The van der Waals surface area contributed by atoms with Crippen molar-refractivity contribution in [2.45, 2.75) is 0 Å². The van der Waals surface area contributed by atoms with Crippen LogP contribution in [0.1, 0.15) is 0 Å². The molecule has 0 saturated heterocycles. The van der Waals surface area contributed by atoms with Crippen molar-refractivity contribution in [2.75, 3.05) is 4.90 Å². The Morgan fingerprint density at radius 1 is 0.422 bits per heavy atom. The van der Waals surface area contributed by atoms with Crippen LogP contribution in [0.4, 0.5) is 17.2 Å². The fourth-order valence-electron chi connectivity index (χ4n) is 10.5. The highest BCUT2D eigenvalue weighted by atomic mass is 32.1. The first kappa shape index (κ1) is 38.2. The molecule has 12 rings (SSSR count). The van der Waals surface area contributed by atoms with E-state index < -0.39 is 16.1 Å². The predicted molar refractivity (Wildman–Crippen MR) is 276 cm³/mol. The lowest BCUT2D eigenvalue weighted by Crippen LogP contribution is -2.78. The number of rotatable bonds is 8. The summed E-state index contributed by atoms with van der Waals surface area (Å²) in [6.45, 7) is 0. The van der Waals surface area contributed by atoms with E-state index in [9.17, 15) is 0 Å². The third-order valence-corrected chi connectivity index (χ3v) is 24.0. The first-order valence-electron chi connectivity index (χ1n) is 21.8. The summed E-state index contributed by atoms with van der Waals surface area (Å²) in [6.07, 6.45) is 3.82. The maximum absolute atomic E-state index is 5.22. The van der Waals surface area contributed by atoms with Gasteiger partial charge >= 0.3 is 0 Å². The zero-order valence-corrected chi connectivity index (χ0v) is 37.7. The Bertz CT molecular complexity index is 3360. The summed E-state index contributed by atoms with van der Waals surface area (Å²) >= 11 is 1.90. The van der Waals surface area contributed by atoms with Crippen LogP contribution in [0.15, 0.2) is 249 Å². The topological polar surface area (TPSA) is 29.0 Å². The number of benzene rings is 8. The molecule has 0 radical (unpaired) electrons. The Hall–Kier alpha value is -7.49. The smallest absolute Gasteiger partial charge is 0.184 e. The van der Waals surface area contributed by atoms with Crippen molar-refractivity contribution >= 4 is 106 Å². The molecule has 302 valence electrons. The molecule has 4 heterocycles. The van der Waals surface area contributed by atoms with Crippen molar-refractivity contribution in [3.8, 4) is 11.3 Å². The van der Waals surface area contributed by atoms with Crippen molar-refractivity contribution in [1.29, 1.82) is 0 Å². The minimum absolute atomic E-state index is 0.902. The number of pyridine rings is 2. The van der Waals surface area contributed by atoms with E-state index in [2.05, 4.69) is 229 Å². The van der Waals surface area contributed by atoms with Crippen LogP contribution >= 0.6 is 11.3 Å². The largest absolute Gasteiger partial charge is 0.294 e. The molecule has 6 heteroatoms. The quantitative estimate of drug-likeness (QED) is 0.113. The molecule has 0 unspecified atom stereocenters. The molecule has 0 N–H and O–H groups in total. The average Bonchev–Trinajstić information content (AvgIpc) is 3.77. The monoisotopic (exact) mass is 867 g/mol. The number of hydrogen-bond donors (Lipinski definition) is 0. The summed E-state index contributed by atoms with van der Waals surface area (Å²) in [7, 11) is -6.13. The number of anilines is 3. The number of aromatic nitrogens is 2. The molecule has 0 amide bonds. The van der Waals surface area contributed by atoms with Gasteiger partial charge in [-0.1, -0.05) is 200 Å². The molecular formula is C58H41N3SSi2. The molecule has 0 spiro atoms. The molecule has 0 bridgehead atoms. The normalized spacial score (nSPS) is 13.1. The van der Waals surface area contributed by atoms with Crippen LogP contribution < -0.4 is 46.4 Å². The van der Waals surface area contributed by atoms with E-state index in [-0.39, 0.29) is 0 Å².